The zero-order valence-corrected chi connectivity index (χ0v) is 10.6. The molecule has 0 aromatic heterocycles. The standard InChI is InChI=1S/C12H11F3N2O4/c13-12(14,15)6-16(7-1-2-7)11(19)9-5-8(18)3-4-10(9)17(20)21/h3-5,7,18H,1-2,6H2. The average molecular weight is 304 g/mol. The Labute approximate surface area is 116 Å². The lowest BCUT2D eigenvalue weighted by molar-refractivity contribution is -0.385. The molecule has 0 bridgehead atoms. The number of phenolic OH excluding ortho intramolecular Hbond substituents is 1. The maximum Gasteiger partial charge on any atom is 0.406 e. The van der Waals surface area contributed by atoms with Crippen molar-refractivity contribution in [1.82, 2.24) is 4.90 Å². The minimum Gasteiger partial charge on any atom is -0.508 e. The van der Waals surface area contributed by atoms with Crippen molar-refractivity contribution in [3.05, 3.63) is 33.9 Å². The summed E-state index contributed by atoms with van der Waals surface area (Å²) in [6.07, 6.45) is -3.74. The predicted molar refractivity (Wildman–Crippen MR) is 64.9 cm³/mol. The van der Waals surface area contributed by atoms with E-state index in [4.69, 9.17) is 0 Å². The van der Waals surface area contributed by atoms with Gasteiger partial charge in [-0.3, -0.25) is 14.9 Å². The van der Waals surface area contributed by atoms with E-state index in [1.807, 2.05) is 0 Å². The van der Waals surface area contributed by atoms with Gasteiger partial charge < -0.3 is 10.0 Å². The number of phenols is 1. The van der Waals surface area contributed by atoms with Crippen LogP contribution in [0.1, 0.15) is 23.2 Å². The highest BCUT2D eigenvalue weighted by atomic mass is 19.4. The Morgan fingerprint density at radius 3 is 2.52 bits per heavy atom. The summed E-state index contributed by atoms with van der Waals surface area (Å²) in [4.78, 5) is 22.8. The monoisotopic (exact) mass is 304 g/mol. The smallest absolute Gasteiger partial charge is 0.406 e. The van der Waals surface area contributed by atoms with E-state index in [-0.39, 0.29) is 0 Å². The number of aromatic hydroxyl groups is 1. The second kappa shape index (κ2) is 5.23. The molecule has 1 amide bonds. The van der Waals surface area contributed by atoms with Crippen molar-refractivity contribution in [2.24, 2.45) is 0 Å². The molecule has 1 fully saturated rings. The third-order valence-corrected chi connectivity index (χ3v) is 3.01. The van der Waals surface area contributed by atoms with Crippen LogP contribution in [-0.4, -0.2) is 39.6 Å². The Morgan fingerprint density at radius 2 is 2.05 bits per heavy atom. The molecule has 0 heterocycles. The number of nitrogens with zero attached hydrogens (tertiary/aromatic N) is 2. The minimum absolute atomic E-state index is 0.424. The van der Waals surface area contributed by atoms with Gasteiger partial charge in [0.25, 0.3) is 11.6 Å². The van der Waals surface area contributed by atoms with Gasteiger partial charge in [-0.05, 0) is 25.0 Å². The van der Waals surface area contributed by atoms with Crippen molar-refractivity contribution in [2.45, 2.75) is 25.1 Å². The summed E-state index contributed by atoms with van der Waals surface area (Å²) in [5.41, 5.74) is -1.18. The molecular formula is C12H11F3N2O4. The molecule has 0 spiro atoms. The predicted octanol–water partition coefficient (Wildman–Crippen LogP) is 2.47. The number of carbonyl (C=O) groups is 1. The summed E-state index contributed by atoms with van der Waals surface area (Å²) >= 11 is 0. The molecule has 0 aliphatic heterocycles. The number of nitro groups is 1. The van der Waals surface area contributed by atoms with Crippen LogP contribution in [0.25, 0.3) is 0 Å². The molecule has 0 unspecified atom stereocenters. The van der Waals surface area contributed by atoms with Gasteiger partial charge in [-0.2, -0.15) is 13.2 Å². The fraction of sp³-hybridized carbons (Fsp3) is 0.417. The number of nitro benzene ring substituents is 1. The SMILES string of the molecule is O=C(c1cc(O)ccc1[N+](=O)[O-])N(CC(F)(F)F)C1CC1. The largest absolute Gasteiger partial charge is 0.508 e. The quantitative estimate of drug-likeness (QED) is 0.684. The van der Waals surface area contributed by atoms with Crippen LogP contribution < -0.4 is 0 Å². The molecular weight excluding hydrogens is 293 g/mol. The molecule has 114 valence electrons. The van der Waals surface area contributed by atoms with E-state index in [1.54, 1.807) is 0 Å². The number of carbonyl (C=O) groups excluding carboxylic acids is 1. The Hall–Kier alpha value is -2.32. The average Bonchev–Trinajstić information content (AvgIpc) is 3.17. The molecule has 1 aliphatic carbocycles. The van der Waals surface area contributed by atoms with Crippen LogP contribution in [0.3, 0.4) is 0 Å². The molecule has 1 aromatic rings. The number of hydrogen-bond donors (Lipinski definition) is 1. The van der Waals surface area contributed by atoms with E-state index in [0.29, 0.717) is 17.7 Å². The van der Waals surface area contributed by atoms with E-state index in [1.165, 1.54) is 0 Å². The van der Waals surface area contributed by atoms with Gasteiger partial charge in [0.1, 0.15) is 17.9 Å². The lowest BCUT2D eigenvalue weighted by Crippen LogP contribution is -2.40. The van der Waals surface area contributed by atoms with Gasteiger partial charge in [0, 0.05) is 12.1 Å². The number of rotatable bonds is 4. The second-order valence-corrected chi connectivity index (χ2v) is 4.74. The number of hydrogen-bond acceptors (Lipinski definition) is 4. The molecule has 0 atom stereocenters. The van der Waals surface area contributed by atoms with Gasteiger partial charge >= 0.3 is 6.18 Å². The fourth-order valence-electron chi connectivity index (χ4n) is 1.96. The molecule has 21 heavy (non-hydrogen) atoms. The summed E-state index contributed by atoms with van der Waals surface area (Å²) in [5, 5.41) is 20.2. The number of alkyl halides is 3. The van der Waals surface area contributed by atoms with Gasteiger partial charge in [-0.1, -0.05) is 0 Å². The molecule has 0 saturated heterocycles. The van der Waals surface area contributed by atoms with Crippen LogP contribution in [0, 0.1) is 10.1 Å². The van der Waals surface area contributed by atoms with Crippen LogP contribution in [-0.2, 0) is 0 Å². The minimum atomic E-state index is -4.59. The van der Waals surface area contributed by atoms with Gasteiger partial charge in [0.15, 0.2) is 0 Å². The summed E-state index contributed by atoms with van der Waals surface area (Å²) in [6.45, 7) is -1.47. The first kappa shape index (κ1) is 15.1. The summed E-state index contributed by atoms with van der Waals surface area (Å²) in [6, 6.07) is 2.13. The first-order chi connectivity index (χ1) is 9.69. The second-order valence-electron chi connectivity index (χ2n) is 4.74. The highest BCUT2D eigenvalue weighted by Crippen LogP contribution is 2.33. The molecule has 6 nitrogen and oxygen atoms in total. The highest BCUT2D eigenvalue weighted by Gasteiger charge is 2.42. The van der Waals surface area contributed by atoms with E-state index in [0.717, 1.165) is 18.2 Å². The number of amides is 1. The Morgan fingerprint density at radius 1 is 1.43 bits per heavy atom. The van der Waals surface area contributed by atoms with Crippen molar-refractivity contribution in [1.29, 1.82) is 0 Å². The van der Waals surface area contributed by atoms with Crippen LogP contribution >= 0.6 is 0 Å². The van der Waals surface area contributed by atoms with Gasteiger partial charge in [0.2, 0.25) is 0 Å². The van der Waals surface area contributed by atoms with Crippen LogP contribution in [0.15, 0.2) is 18.2 Å². The normalized spacial score (nSPS) is 14.8. The topological polar surface area (TPSA) is 83.7 Å². The van der Waals surface area contributed by atoms with Gasteiger partial charge in [-0.25, -0.2) is 0 Å². The number of halogens is 3. The van der Waals surface area contributed by atoms with Crippen molar-refractivity contribution < 1.29 is 28.0 Å². The maximum absolute atomic E-state index is 12.5. The first-order valence-corrected chi connectivity index (χ1v) is 6.04. The lowest BCUT2D eigenvalue weighted by Gasteiger charge is -2.23. The molecule has 2 rings (SSSR count). The molecule has 1 aromatic carbocycles. The van der Waals surface area contributed by atoms with Crippen LogP contribution in [0.2, 0.25) is 0 Å². The summed E-state index contributed by atoms with van der Waals surface area (Å²) in [7, 11) is 0. The van der Waals surface area contributed by atoms with Crippen LogP contribution in [0.5, 0.6) is 5.75 Å². The molecule has 0 radical (unpaired) electrons. The molecule has 1 aliphatic rings. The Bertz CT molecular complexity index is 584. The maximum atomic E-state index is 12.5. The van der Waals surface area contributed by atoms with Crippen molar-refractivity contribution in [2.75, 3.05) is 6.54 Å². The fourth-order valence-corrected chi connectivity index (χ4v) is 1.96. The van der Waals surface area contributed by atoms with Crippen molar-refractivity contribution >= 4 is 11.6 Å². The summed E-state index contributed by atoms with van der Waals surface area (Å²) < 4.78 is 37.6. The lowest BCUT2D eigenvalue weighted by atomic mass is 10.1. The zero-order valence-electron chi connectivity index (χ0n) is 10.6. The highest BCUT2D eigenvalue weighted by molar-refractivity contribution is 5.99. The molecule has 9 heteroatoms. The van der Waals surface area contributed by atoms with Crippen molar-refractivity contribution in [3.8, 4) is 5.75 Å². The number of benzene rings is 1. The molecule has 1 saturated carbocycles. The Kier molecular flexibility index (Phi) is 3.75. The third-order valence-electron chi connectivity index (χ3n) is 3.01. The zero-order chi connectivity index (χ0) is 15.8. The van der Waals surface area contributed by atoms with E-state index in [9.17, 15) is 33.2 Å². The van der Waals surface area contributed by atoms with Gasteiger partial charge in [0.05, 0.1) is 4.92 Å². The van der Waals surface area contributed by atoms with Gasteiger partial charge in [-0.15, -0.1) is 0 Å². The summed E-state index contributed by atoms with van der Waals surface area (Å²) in [5.74, 6) is -1.52. The Balaban J connectivity index is 2.37. The van der Waals surface area contributed by atoms with E-state index >= 15 is 0 Å². The van der Waals surface area contributed by atoms with E-state index < -0.39 is 46.6 Å². The third kappa shape index (κ3) is 3.61. The van der Waals surface area contributed by atoms with Crippen LogP contribution in [0.4, 0.5) is 18.9 Å². The molecule has 1 N–H and O–H groups in total. The van der Waals surface area contributed by atoms with Crippen molar-refractivity contribution in [3.63, 3.8) is 0 Å². The van der Waals surface area contributed by atoms with E-state index in [2.05, 4.69) is 0 Å². The first-order valence-electron chi connectivity index (χ1n) is 6.04.